The fourth-order valence-electron chi connectivity index (χ4n) is 2.09. The van der Waals surface area contributed by atoms with Gasteiger partial charge in [0.15, 0.2) is 0 Å². The van der Waals surface area contributed by atoms with Gasteiger partial charge in [-0.3, -0.25) is 0 Å². The first-order valence-corrected chi connectivity index (χ1v) is 6.11. The molecule has 82 valence electrons. The molecule has 1 aromatic heterocycles. The van der Waals surface area contributed by atoms with Crippen LogP contribution < -0.4 is 10.6 Å². The summed E-state index contributed by atoms with van der Waals surface area (Å²) in [5, 5.41) is 0. The Bertz CT molecular complexity index is 354. The van der Waals surface area contributed by atoms with Crippen LogP contribution >= 0.6 is 15.9 Å². The molecule has 1 saturated heterocycles. The number of nitrogens with zero attached hydrogens (tertiary/aromatic N) is 2. The van der Waals surface area contributed by atoms with Gasteiger partial charge in [-0.25, -0.2) is 4.98 Å². The largest absolute Gasteiger partial charge is 0.351 e. The Morgan fingerprint density at radius 3 is 3.20 bits per heavy atom. The van der Waals surface area contributed by atoms with Gasteiger partial charge in [-0.05, 0) is 47.3 Å². The number of halogens is 1. The number of rotatable bonds is 2. The average molecular weight is 270 g/mol. The molecule has 1 unspecified atom stereocenters. The van der Waals surface area contributed by atoms with E-state index >= 15 is 0 Å². The number of nitrogens with two attached hydrogens (primary N) is 1. The predicted molar refractivity (Wildman–Crippen MR) is 66.1 cm³/mol. The first kappa shape index (κ1) is 10.9. The summed E-state index contributed by atoms with van der Waals surface area (Å²) in [5.74, 6) is 1.04. The number of hydrogen-bond acceptors (Lipinski definition) is 3. The van der Waals surface area contributed by atoms with Crippen LogP contribution in [0.3, 0.4) is 0 Å². The highest BCUT2D eigenvalue weighted by molar-refractivity contribution is 9.10. The second kappa shape index (κ2) is 4.49. The minimum atomic E-state index is 0.454. The number of hydrogen-bond donors (Lipinski definition) is 1. The van der Waals surface area contributed by atoms with Crippen molar-refractivity contribution >= 4 is 21.7 Å². The van der Waals surface area contributed by atoms with Crippen molar-refractivity contribution in [2.75, 3.05) is 18.0 Å². The SMILES string of the molecule is Cc1ccnc(N2CCCC2CN)c1Br. The van der Waals surface area contributed by atoms with Crippen LogP contribution in [0.15, 0.2) is 16.7 Å². The first-order valence-electron chi connectivity index (χ1n) is 5.32. The summed E-state index contributed by atoms with van der Waals surface area (Å²) in [5.41, 5.74) is 6.99. The number of aryl methyl sites for hydroxylation is 1. The molecule has 1 fully saturated rings. The van der Waals surface area contributed by atoms with E-state index in [1.165, 1.54) is 18.4 Å². The zero-order valence-corrected chi connectivity index (χ0v) is 10.5. The monoisotopic (exact) mass is 269 g/mol. The summed E-state index contributed by atoms with van der Waals surface area (Å²) in [7, 11) is 0. The summed E-state index contributed by atoms with van der Waals surface area (Å²) >= 11 is 3.60. The summed E-state index contributed by atoms with van der Waals surface area (Å²) < 4.78 is 1.10. The third-order valence-electron chi connectivity index (χ3n) is 2.99. The Labute approximate surface area is 98.8 Å². The molecular formula is C11H16BrN3. The van der Waals surface area contributed by atoms with Crippen molar-refractivity contribution in [1.29, 1.82) is 0 Å². The van der Waals surface area contributed by atoms with Gasteiger partial charge in [-0.15, -0.1) is 0 Å². The fourth-order valence-corrected chi connectivity index (χ4v) is 2.55. The third-order valence-corrected chi connectivity index (χ3v) is 3.97. The lowest BCUT2D eigenvalue weighted by Gasteiger charge is -2.25. The Hall–Kier alpha value is -0.610. The fraction of sp³-hybridized carbons (Fsp3) is 0.545. The number of anilines is 1. The molecular weight excluding hydrogens is 254 g/mol. The molecule has 15 heavy (non-hydrogen) atoms. The minimum Gasteiger partial charge on any atom is -0.351 e. The Morgan fingerprint density at radius 1 is 1.67 bits per heavy atom. The first-order chi connectivity index (χ1) is 7.24. The normalized spacial score (nSPS) is 21.0. The van der Waals surface area contributed by atoms with E-state index in [0.717, 1.165) is 16.8 Å². The molecule has 4 heteroatoms. The molecule has 1 aromatic rings. The van der Waals surface area contributed by atoms with E-state index in [4.69, 9.17) is 5.73 Å². The zero-order valence-electron chi connectivity index (χ0n) is 8.91. The summed E-state index contributed by atoms with van der Waals surface area (Å²) in [6.45, 7) is 3.86. The van der Waals surface area contributed by atoms with E-state index in [1.807, 2.05) is 12.3 Å². The molecule has 2 heterocycles. The topological polar surface area (TPSA) is 42.2 Å². The lowest BCUT2D eigenvalue weighted by molar-refractivity contribution is 0.670. The van der Waals surface area contributed by atoms with Crippen LogP contribution in [0.25, 0.3) is 0 Å². The van der Waals surface area contributed by atoms with Crippen molar-refractivity contribution < 1.29 is 0 Å². The van der Waals surface area contributed by atoms with Crippen LogP contribution in [-0.2, 0) is 0 Å². The molecule has 0 amide bonds. The molecule has 0 radical (unpaired) electrons. The summed E-state index contributed by atoms with van der Waals surface area (Å²) in [6, 6.07) is 2.47. The van der Waals surface area contributed by atoms with Crippen LogP contribution in [0.5, 0.6) is 0 Å². The molecule has 0 spiro atoms. The lowest BCUT2D eigenvalue weighted by atomic mass is 10.2. The zero-order chi connectivity index (χ0) is 10.8. The van der Waals surface area contributed by atoms with Crippen molar-refractivity contribution in [3.8, 4) is 0 Å². The van der Waals surface area contributed by atoms with Gasteiger partial charge in [-0.2, -0.15) is 0 Å². The van der Waals surface area contributed by atoms with Gasteiger partial charge >= 0.3 is 0 Å². The molecule has 0 aromatic carbocycles. The van der Waals surface area contributed by atoms with Crippen LogP contribution in [0.1, 0.15) is 18.4 Å². The smallest absolute Gasteiger partial charge is 0.143 e. The molecule has 2 N–H and O–H groups in total. The Morgan fingerprint density at radius 2 is 2.47 bits per heavy atom. The molecule has 1 atom stereocenters. The molecule has 0 aliphatic carbocycles. The van der Waals surface area contributed by atoms with Gasteiger partial charge in [0.1, 0.15) is 5.82 Å². The number of aromatic nitrogens is 1. The molecule has 3 nitrogen and oxygen atoms in total. The van der Waals surface area contributed by atoms with Crippen molar-refractivity contribution in [2.24, 2.45) is 5.73 Å². The van der Waals surface area contributed by atoms with Crippen LogP contribution in [-0.4, -0.2) is 24.1 Å². The van der Waals surface area contributed by atoms with Gasteiger partial charge < -0.3 is 10.6 Å². The summed E-state index contributed by atoms with van der Waals surface area (Å²) in [4.78, 5) is 6.76. The maximum absolute atomic E-state index is 5.76. The van der Waals surface area contributed by atoms with E-state index < -0.39 is 0 Å². The van der Waals surface area contributed by atoms with Crippen LogP contribution in [0.4, 0.5) is 5.82 Å². The van der Waals surface area contributed by atoms with Crippen molar-refractivity contribution in [2.45, 2.75) is 25.8 Å². The molecule has 1 aliphatic rings. The predicted octanol–water partition coefficient (Wildman–Crippen LogP) is 2.08. The van der Waals surface area contributed by atoms with Gasteiger partial charge in [0.05, 0.1) is 4.47 Å². The molecule has 2 rings (SSSR count). The molecule has 0 bridgehead atoms. The molecule has 1 aliphatic heterocycles. The Balaban J connectivity index is 2.32. The second-order valence-electron chi connectivity index (χ2n) is 3.99. The highest BCUT2D eigenvalue weighted by Crippen LogP contribution is 2.31. The van der Waals surface area contributed by atoms with E-state index in [-0.39, 0.29) is 0 Å². The minimum absolute atomic E-state index is 0.454. The average Bonchev–Trinajstić information content (AvgIpc) is 2.70. The van der Waals surface area contributed by atoms with E-state index in [0.29, 0.717) is 12.6 Å². The van der Waals surface area contributed by atoms with E-state index in [9.17, 15) is 0 Å². The highest BCUT2D eigenvalue weighted by Gasteiger charge is 2.25. The van der Waals surface area contributed by atoms with E-state index in [1.54, 1.807) is 0 Å². The summed E-state index contributed by atoms with van der Waals surface area (Å²) in [6.07, 6.45) is 4.25. The van der Waals surface area contributed by atoms with Crippen LogP contribution in [0, 0.1) is 6.92 Å². The van der Waals surface area contributed by atoms with Crippen molar-refractivity contribution in [3.63, 3.8) is 0 Å². The van der Waals surface area contributed by atoms with Crippen molar-refractivity contribution in [3.05, 3.63) is 22.3 Å². The van der Waals surface area contributed by atoms with Gasteiger partial charge in [-0.1, -0.05) is 0 Å². The Kier molecular flexibility index (Phi) is 3.26. The van der Waals surface area contributed by atoms with Gasteiger partial charge in [0.2, 0.25) is 0 Å². The highest BCUT2D eigenvalue weighted by atomic mass is 79.9. The quantitative estimate of drug-likeness (QED) is 0.894. The molecule has 0 saturated carbocycles. The lowest BCUT2D eigenvalue weighted by Crippen LogP contribution is -2.36. The van der Waals surface area contributed by atoms with Gasteiger partial charge in [0, 0.05) is 25.3 Å². The van der Waals surface area contributed by atoms with E-state index in [2.05, 4.69) is 32.7 Å². The van der Waals surface area contributed by atoms with Crippen molar-refractivity contribution in [1.82, 2.24) is 4.98 Å². The standard InChI is InChI=1S/C11H16BrN3/c1-8-4-5-14-11(10(8)12)15-6-2-3-9(15)7-13/h4-5,9H,2-3,6-7,13H2,1H3. The maximum Gasteiger partial charge on any atom is 0.143 e. The number of pyridine rings is 1. The van der Waals surface area contributed by atoms with Crippen LogP contribution in [0.2, 0.25) is 0 Å². The third kappa shape index (κ3) is 2.01. The maximum atomic E-state index is 5.76. The van der Waals surface area contributed by atoms with Gasteiger partial charge in [0.25, 0.3) is 0 Å². The second-order valence-corrected chi connectivity index (χ2v) is 4.78.